The van der Waals surface area contributed by atoms with E-state index >= 15 is 0 Å². The molecule has 7 heteroatoms. The van der Waals surface area contributed by atoms with E-state index in [2.05, 4.69) is 6.92 Å². The quantitative estimate of drug-likeness (QED) is 0.206. The number of hydrogen-bond donors (Lipinski definition) is 4. The number of hydrogen-bond acceptors (Lipinski definition) is 7. The third-order valence-electron chi connectivity index (χ3n) is 10.0. The molecule has 0 saturated heterocycles. The van der Waals surface area contributed by atoms with Gasteiger partial charge in [0.05, 0.1) is 5.56 Å². The Labute approximate surface area is 243 Å². The van der Waals surface area contributed by atoms with E-state index in [1.165, 1.54) is 0 Å². The Bertz CT molecular complexity index is 1380. The highest BCUT2D eigenvalue weighted by Gasteiger charge is 2.71. The van der Waals surface area contributed by atoms with Crippen LogP contribution in [0.2, 0.25) is 0 Å². The average molecular weight is 567 g/mol. The van der Waals surface area contributed by atoms with Gasteiger partial charge in [0.1, 0.15) is 22.8 Å². The van der Waals surface area contributed by atoms with Crippen LogP contribution in [0.25, 0.3) is 0 Å². The maximum absolute atomic E-state index is 14.4. The van der Waals surface area contributed by atoms with Crippen molar-refractivity contribution in [3.63, 3.8) is 0 Å². The van der Waals surface area contributed by atoms with Crippen molar-refractivity contribution in [2.75, 3.05) is 0 Å². The van der Waals surface area contributed by atoms with Gasteiger partial charge in [0.2, 0.25) is 5.78 Å². The van der Waals surface area contributed by atoms with Crippen LogP contribution in [-0.4, -0.2) is 43.4 Å². The molecule has 1 aromatic carbocycles. The molecule has 0 amide bonds. The van der Waals surface area contributed by atoms with Crippen molar-refractivity contribution >= 4 is 17.3 Å². The Kier molecular flexibility index (Phi) is 7.87. The molecule has 4 N–H and O–H groups in total. The van der Waals surface area contributed by atoms with Crippen molar-refractivity contribution < 1.29 is 34.8 Å². The van der Waals surface area contributed by atoms with Gasteiger partial charge in [-0.25, -0.2) is 0 Å². The predicted molar refractivity (Wildman–Crippen MR) is 157 cm³/mol. The van der Waals surface area contributed by atoms with E-state index in [1.807, 2.05) is 40.7 Å². The molecule has 0 aromatic heterocycles. The Balaban J connectivity index is 2.00. The lowest BCUT2D eigenvalue weighted by molar-refractivity contribution is -0.171. The van der Waals surface area contributed by atoms with Crippen LogP contribution in [0.4, 0.5) is 0 Å². The number of benzene rings is 1. The van der Waals surface area contributed by atoms with Crippen molar-refractivity contribution in [2.24, 2.45) is 22.7 Å². The summed E-state index contributed by atoms with van der Waals surface area (Å²) in [6.45, 7) is 14.5. The second-order valence-electron chi connectivity index (χ2n) is 13.8. The molecule has 224 valence electrons. The molecule has 1 unspecified atom stereocenters. The molecule has 0 spiro atoms. The molecule has 41 heavy (non-hydrogen) atoms. The van der Waals surface area contributed by atoms with E-state index in [9.17, 15) is 34.8 Å². The van der Waals surface area contributed by atoms with Gasteiger partial charge in [-0.1, -0.05) is 73.8 Å². The summed E-state index contributed by atoms with van der Waals surface area (Å²) in [6.07, 6.45) is 5.04. The summed E-state index contributed by atoms with van der Waals surface area (Å²) in [5.74, 6) is -4.73. The van der Waals surface area contributed by atoms with E-state index in [4.69, 9.17) is 0 Å². The number of rotatable bonds is 8. The molecular formula is C34H46O7. The van der Waals surface area contributed by atoms with Crippen molar-refractivity contribution in [3.05, 3.63) is 51.0 Å². The van der Waals surface area contributed by atoms with E-state index in [0.29, 0.717) is 18.4 Å². The number of ketones is 3. The number of phenolic OH excluding ortho intramolecular Hbond substituents is 1. The Hall–Kier alpha value is -2.93. The second kappa shape index (κ2) is 10.4. The third kappa shape index (κ3) is 4.29. The fourth-order valence-electron chi connectivity index (χ4n) is 8.33. The van der Waals surface area contributed by atoms with Crippen LogP contribution >= 0.6 is 0 Å². The fourth-order valence-corrected chi connectivity index (χ4v) is 8.33. The van der Waals surface area contributed by atoms with Crippen LogP contribution in [0.5, 0.6) is 5.75 Å². The lowest BCUT2D eigenvalue weighted by Crippen LogP contribution is -2.67. The van der Waals surface area contributed by atoms with Gasteiger partial charge < -0.3 is 20.4 Å². The number of fused-ring (bicyclic) bond motifs is 3. The number of carbonyl (C=O) groups excluding carboxylic acids is 3. The van der Waals surface area contributed by atoms with Gasteiger partial charge >= 0.3 is 0 Å². The van der Waals surface area contributed by atoms with Gasteiger partial charge in [0.25, 0.3) is 0 Å². The number of aryl methyl sites for hydroxylation is 1. The van der Waals surface area contributed by atoms with Crippen LogP contribution < -0.4 is 0 Å². The summed E-state index contributed by atoms with van der Waals surface area (Å²) in [6, 6.07) is 2.01. The number of aliphatic hydroxyl groups excluding tert-OH is 2. The van der Waals surface area contributed by atoms with E-state index in [1.54, 1.807) is 6.92 Å². The first kappa shape index (κ1) is 31.0. The largest absolute Gasteiger partial charge is 0.511 e. The van der Waals surface area contributed by atoms with Gasteiger partial charge in [-0.15, -0.1) is 0 Å². The van der Waals surface area contributed by atoms with E-state index in [0.717, 1.165) is 43.7 Å². The summed E-state index contributed by atoms with van der Waals surface area (Å²) in [4.78, 5) is 40.8. The number of carbonyl (C=O) groups is 3. The third-order valence-corrected chi connectivity index (χ3v) is 10.0. The van der Waals surface area contributed by atoms with Gasteiger partial charge in [-0.05, 0) is 61.1 Å². The van der Waals surface area contributed by atoms with E-state index in [-0.39, 0.29) is 40.9 Å². The number of allylic oxidation sites excluding steroid dienone is 2. The zero-order chi connectivity index (χ0) is 30.8. The standard InChI is InChI=1S/C34H46O7/c1-9-10-11-12-13-20-14-21(17(2)3)22-15-32(7)16-33(8)25(18(4)5)28(37)23(19(6)35)30(39)34(33,41)31(40)26(32)29(38)24(22)27(20)36/h14,17-18,25,36-37,40-41H,9-13,15-16H2,1-8H3/t25?,32-,33-,34+/m1/s1. The molecule has 4 atom stereocenters. The fraction of sp³-hybridized carbons (Fsp3) is 0.618. The summed E-state index contributed by atoms with van der Waals surface area (Å²) >= 11 is 0. The maximum Gasteiger partial charge on any atom is 0.209 e. The molecule has 7 nitrogen and oxygen atoms in total. The molecule has 3 aliphatic rings. The monoisotopic (exact) mass is 566 g/mol. The van der Waals surface area contributed by atoms with Gasteiger partial charge in [0, 0.05) is 22.3 Å². The Morgan fingerprint density at radius 1 is 1.05 bits per heavy atom. The normalized spacial score (nSPS) is 29.7. The van der Waals surface area contributed by atoms with Crippen LogP contribution in [0, 0.1) is 22.7 Å². The molecule has 0 bridgehead atoms. The zero-order valence-corrected chi connectivity index (χ0v) is 25.8. The highest BCUT2D eigenvalue weighted by atomic mass is 16.3. The first-order valence-corrected chi connectivity index (χ1v) is 15.1. The maximum atomic E-state index is 14.4. The summed E-state index contributed by atoms with van der Waals surface area (Å²) < 4.78 is 0. The molecule has 3 aliphatic carbocycles. The molecule has 0 fully saturated rings. The number of aliphatic hydroxyl groups is 3. The van der Waals surface area contributed by atoms with Crippen LogP contribution in [0.15, 0.2) is 28.7 Å². The van der Waals surface area contributed by atoms with Crippen molar-refractivity contribution in [3.8, 4) is 5.75 Å². The molecule has 0 radical (unpaired) electrons. The lowest BCUT2D eigenvalue weighted by Gasteiger charge is -2.59. The minimum Gasteiger partial charge on any atom is -0.511 e. The van der Waals surface area contributed by atoms with Crippen LogP contribution in [-0.2, 0) is 22.4 Å². The molecule has 4 rings (SSSR count). The second-order valence-corrected chi connectivity index (χ2v) is 13.8. The zero-order valence-electron chi connectivity index (χ0n) is 25.8. The number of Topliss-reactive ketones (excluding diaryl/α,β-unsaturated/α-hetero) is 3. The minimum atomic E-state index is -2.59. The van der Waals surface area contributed by atoms with E-state index < -0.39 is 51.0 Å². The summed E-state index contributed by atoms with van der Waals surface area (Å²) in [5, 5.41) is 46.8. The van der Waals surface area contributed by atoms with Gasteiger partial charge in [-0.2, -0.15) is 0 Å². The van der Waals surface area contributed by atoms with Gasteiger partial charge in [-0.3, -0.25) is 14.4 Å². The van der Waals surface area contributed by atoms with Crippen molar-refractivity contribution in [2.45, 2.75) is 112 Å². The Morgan fingerprint density at radius 3 is 2.22 bits per heavy atom. The summed E-state index contributed by atoms with van der Waals surface area (Å²) in [7, 11) is 0. The summed E-state index contributed by atoms with van der Waals surface area (Å²) in [5.41, 5.74) is -3.16. The average Bonchev–Trinajstić information content (AvgIpc) is 2.84. The Morgan fingerprint density at radius 2 is 1.68 bits per heavy atom. The van der Waals surface area contributed by atoms with Crippen LogP contribution in [0.1, 0.15) is 120 Å². The van der Waals surface area contributed by atoms with Gasteiger partial charge in [0.15, 0.2) is 17.2 Å². The first-order chi connectivity index (χ1) is 19.0. The highest BCUT2D eigenvalue weighted by molar-refractivity contribution is 6.25. The van der Waals surface area contributed by atoms with Crippen molar-refractivity contribution in [1.82, 2.24) is 0 Å². The van der Waals surface area contributed by atoms with Crippen molar-refractivity contribution in [1.29, 1.82) is 0 Å². The first-order valence-electron chi connectivity index (χ1n) is 15.1. The molecule has 0 saturated carbocycles. The molecule has 1 aromatic rings. The number of phenols is 1. The lowest BCUT2D eigenvalue weighted by atomic mass is 9.44. The molecule has 0 heterocycles. The predicted octanol–water partition coefficient (Wildman–Crippen LogP) is 6.59. The van der Waals surface area contributed by atoms with Crippen LogP contribution in [0.3, 0.4) is 0 Å². The minimum absolute atomic E-state index is 0.0650. The molecule has 0 aliphatic heterocycles. The smallest absolute Gasteiger partial charge is 0.209 e. The number of unbranched alkanes of at least 4 members (excludes halogenated alkanes) is 3. The number of aromatic hydroxyl groups is 1. The topological polar surface area (TPSA) is 132 Å². The SMILES string of the molecule is CCCCCCc1cc(C(C)C)c2c(c1O)C(=O)C1=C(O)[C@@]3(O)C(=O)C(C(C)=O)=C(O)C(C(C)C)[C@@]3(C)C[C@@]1(C)C2. The highest BCUT2D eigenvalue weighted by Crippen LogP contribution is 2.65. The molecular weight excluding hydrogens is 520 g/mol.